The molecule has 0 aliphatic heterocycles. The van der Waals surface area contributed by atoms with Crippen molar-refractivity contribution in [3.05, 3.63) is 56.8 Å². The first-order chi connectivity index (χ1) is 9.69. The Morgan fingerprint density at radius 1 is 1.35 bits per heavy atom. The normalized spacial score (nSPS) is 10.8. The smallest absolute Gasteiger partial charge is 0.350 e. The molecule has 3 aromatic rings. The molecule has 3 rings (SSSR count). The van der Waals surface area contributed by atoms with Crippen molar-refractivity contribution >= 4 is 23.0 Å². The molecule has 0 saturated carbocycles. The summed E-state index contributed by atoms with van der Waals surface area (Å²) in [6.07, 6.45) is 1.68. The molecule has 3 heterocycles. The molecule has 0 aliphatic carbocycles. The van der Waals surface area contributed by atoms with Gasteiger partial charge in [0.15, 0.2) is 5.65 Å². The summed E-state index contributed by atoms with van der Waals surface area (Å²) < 4.78 is 7.51. The van der Waals surface area contributed by atoms with Crippen molar-refractivity contribution in [3.63, 3.8) is 0 Å². The predicted octanol–water partition coefficient (Wildman–Crippen LogP) is 1.39. The molecule has 0 spiro atoms. The quantitative estimate of drug-likeness (QED) is 0.683. The summed E-state index contributed by atoms with van der Waals surface area (Å²) in [5.41, 5.74) is 0.399. The number of pyridine rings is 1. The van der Waals surface area contributed by atoms with Crippen LogP contribution in [0.5, 0.6) is 0 Å². The highest BCUT2D eigenvalue weighted by molar-refractivity contribution is 7.13. The number of nitrogens with zero attached hydrogens (tertiary/aromatic N) is 3. The van der Waals surface area contributed by atoms with Gasteiger partial charge in [-0.1, -0.05) is 6.07 Å². The van der Waals surface area contributed by atoms with E-state index in [1.54, 1.807) is 30.5 Å². The van der Waals surface area contributed by atoms with Crippen LogP contribution in [0.25, 0.3) is 5.65 Å². The zero-order valence-electron chi connectivity index (χ0n) is 10.6. The van der Waals surface area contributed by atoms with E-state index in [1.165, 1.54) is 27.5 Å². The molecule has 0 unspecified atom stereocenters. The fraction of sp³-hybridized carbons (Fsp3) is 0.154. The van der Waals surface area contributed by atoms with Gasteiger partial charge in [-0.05, 0) is 24.3 Å². The number of rotatable bonds is 3. The fourth-order valence-corrected chi connectivity index (χ4v) is 2.80. The van der Waals surface area contributed by atoms with Gasteiger partial charge in [0.05, 0.1) is 13.7 Å². The topological polar surface area (TPSA) is 65.6 Å². The number of fused-ring (bicyclic) bond motifs is 1. The molecule has 7 heteroatoms. The Balaban J connectivity index is 1.93. The first-order valence-corrected chi connectivity index (χ1v) is 6.72. The van der Waals surface area contributed by atoms with Gasteiger partial charge in [-0.15, -0.1) is 16.4 Å². The average molecular weight is 289 g/mol. The molecule has 3 aromatic heterocycles. The molecule has 0 atom stereocenters. The molecular weight excluding hydrogens is 278 g/mol. The van der Waals surface area contributed by atoms with Crippen LogP contribution in [-0.2, 0) is 11.3 Å². The third-order valence-corrected chi connectivity index (χ3v) is 3.89. The van der Waals surface area contributed by atoms with E-state index in [-0.39, 0.29) is 11.7 Å². The van der Waals surface area contributed by atoms with E-state index in [2.05, 4.69) is 9.84 Å². The average Bonchev–Trinajstić information content (AvgIpc) is 3.05. The van der Waals surface area contributed by atoms with Crippen LogP contribution in [0, 0.1) is 0 Å². The number of thiophene rings is 1. The van der Waals surface area contributed by atoms with E-state index in [4.69, 9.17) is 0 Å². The number of carbonyl (C=O) groups excluding carboxylic acids is 1. The van der Waals surface area contributed by atoms with Gasteiger partial charge in [-0.2, -0.15) is 0 Å². The molecule has 0 N–H and O–H groups in total. The van der Waals surface area contributed by atoms with Crippen LogP contribution in [-0.4, -0.2) is 27.3 Å². The Hall–Kier alpha value is -2.41. The van der Waals surface area contributed by atoms with Crippen molar-refractivity contribution in [2.45, 2.75) is 6.54 Å². The monoisotopic (exact) mass is 289 g/mol. The maximum Gasteiger partial charge on any atom is 0.350 e. The second kappa shape index (κ2) is 4.93. The summed E-state index contributed by atoms with van der Waals surface area (Å²) in [5.74, 6) is -0.372. The van der Waals surface area contributed by atoms with Crippen LogP contribution in [0.3, 0.4) is 0 Å². The maximum atomic E-state index is 12.1. The largest absolute Gasteiger partial charge is 0.465 e. The highest BCUT2D eigenvalue weighted by Gasteiger charge is 2.11. The van der Waals surface area contributed by atoms with Crippen LogP contribution in [0.15, 0.2) is 41.3 Å². The summed E-state index contributed by atoms with van der Waals surface area (Å²) in [4.78, 5) is 24.9. The summed E-state index contributed by atoms with van der Waals surface area (Å²) >= 11 is 1.30. The molecular formula is C13H11N3O3S. The minimum atomic E-state index is -0.372. The Morgan fingerprint density at radius 2 is 2.20 bits per heavy atom. The lowest BCUT2D eigenvalue weighted by Gasteiger charge is -1.95. The molecule has 0 bridgehead atoms. The van der Waals surface area contributed by atoms with Gasteiger partial charge in [0.1, 0.15) is 4.88 Å². The molecule has 0 radical (unpaired) electrons. The van der Waals surface area contributed by atoms with Crippen LogP contribution in [0.1, 0.15) is 14.5 Å². The van der Waals surface area contributed by atoms with Crippen LogP contribution < -0.4 is 5.69 Å². The van der Waals surface area contributed by atoms with Gasteiger partial charge in [-0.25, -0.2) is 14.3 Å². The highest BCUT2D eigenvalue weighted by atomic mass is 32.1. The number of hydrogen-bond acceptors (Lipinski definition) is 5. The van der Waals surface area contributed by atoms with E-state index in [9.17, 15) is 9.59 Å². The van der Waals surface area contributed by atoms with Gasteiger partial charge >= 0.3 is 11.7 Å². The zero-order valence-corrected chi connectivity index (χ0v) is 11.5. The van der Waals surface area contributed by atoms with Crippen molar-refractivity contribution in [1.82, 2.24) is 14.2 Å². The Labute approximate surface area is 117 Å². The standard InChI is InChI=1S/C13H11N3O3S/c1-19-12(17)10-6-5-9(20-10)8-16-13(18)15-7-3-2-4-11(15)14-16/h2-7H,8H2,1H3. The third-order valence-electron chi connectivity index (χ3n) is 2.84. The predicted molar refractivity (Wildman–Crippen MR) is 74.2 cm³/mol. The van der Waals surface area contributed by atoms with Gasteiger partial charge in [0, 0.05) is 11.1 Å². The van der Waals surface area contributed by atoms with Crippen molar-refractivity contribution in [1.29, 1.82) is 0 Å². The van der Waals surface area contributed by atoms with Crippen molar-refractivity contribution < 1.29 is 9.53 Å². The second-order valence-corrected chi connectivity index (χ2v) is 5.29. The van der Waals surface area contributed by atoms with E-state index in [0.717, 1.165) is 4.88 Å². The summed E-state index contributed by atoms with van der Waals surface area (Å²) in [6, 6.07) is 8.86. The summed E-state index contributed by atoms with van der Waals surface area (Å²) in [6.45, 7) is 0.335. The SMILES string of the molecule is COC(=O)c1ccc(Cn2nc3ccccn3c2=O)s1. The highest BCUT2D eigenvalue weighted by Crippen LogP contribution is 2.17. The second-order valence-electron chi connectivity index (χ2n) is 4.13. The van der Waals surface area contributed by atoms with Gasteiger partial charge in [-0.3, -0.25) is 4.40 Å². The molecule has 102 valence electrons. The van der Waals surface area contributed by atoms with Crippen molar-refractivity contribution in [3.8, 4) is 0 Å². The number of esters is 1. The molecule has 0 aromatic carbocycles. The van der Waals surface area contributed by atoms with E-state index < -0.39 is 0 Å². The number of ether oxygens (including phenoxy) is 1. The summed E-state index contributed by atoms with van der Waals surface area (Å²) in [7, 11) is 1.34. The molecule has 0 aliphatic rings. The lowest BCUT2D eigenvalue weighted by Crippen LogP contribution is -2.21. The minimum Gasteiger partial charge on any atom is -0.465 e. The Morgan fingerprint density at radius 3 is 2.95 bits per heavy atom. The first kappa shape index (κ1) is 12.6. The van der Waals surface area contributed by atoms with Crippen molar-refractivity contribution in [2.24, 2.45) is 0 Å². The molecule has 0 amide bonds. The summed E-state index contributed by atoms with van der Waals surface area (Å²) in [5, 5.41) is 4.24. The maximum absolute atomic E-state index is 12.1. The van der Waals surface area contributed by atoms with Crippen molar-refractivity contribution in [2.75, 3.05) is 7.11 Å². The minimum absolute atomic E-state index is 0.200. The number of aromatic nitrogens is 3. The van der Waals surface area contributed by atoms with Gasteiger partial charge in [0.25, 0.3) is 0 Å². The third kappa shape index (κ3) is 2.12. The number of methoxy groups -OCH3 is 1. The number of carbonyl (C=O) groups is 1. The van der Waals surface area contributed by atoms with Crippen LogP contribution >= 0.6 is 11.3 Å². The van der Waals surface area contributed by atoms with E-state index in [1.807, 2.05) is 6.07 Å². The lowest BCUT2D eigenvalue weighted by molar-refractivity contribution is 0.0606. The molecule has 0 fully saturated rings. The molecule has 6 nitrogen and oxygen atoms in total. The van der Waals surface area contributed by atoms with Gasteiger partial charge < -0.3 is 4.74 Å². The lowest BCUT2D eigenvalue weighted by atomic mass is 10.4. The first-order valence-electron chi connectivity index (χ1n) is 5.90. The molecule has 0 saturated heterocycles. The van der Waals surface area contributed by atoms with Gasteiger partial charge in [0.2, 0.25) is 0 Å². The molecule has 20 heavy (non-hydrogen) atoms. The van der Waals surface area contributed by atoms with Crippen LogP contribution in [0.2, 0.25) is 0 Å². The van der Waals surface area contributed by atoms with Crippen LogP contribution in [0.4, 0.5) is 0 Å². The van der Waals surface area contributed by atoms with E-state index >= 15 is 0 Å². The Bertz CT molecular complexity index is 831. The fourth-order valence-electron chi connectivity index (χ4n) is 1.89. The number of hydrogen-bond donors (Lipinski definition) is 0. The zero-order chi connectivity index (χ0) is 14.1. The Kier molecular flexibility index (Phi) is 3.11. The van der Waals surface area contributed by atoms with E-state index in [0.29, 0.717) is 17.1 Å².